The summed E-state index contributed by atoms with van der Waals surface area (Å²) in [7, 11) is 0. The molecule has 1 aromatic heterocycles. The lowest BCUT2D eigenvalue weighted by molar-refractivity contribution is -0.196. The van der Waals surface area contributed by atoms with Gasteiger partial charge in [0.05, 0.1) is 12.7 Å². The molecule has 0 radical (unpaired) electrons. The van der Waals surface area contributed by atoms with Crippen LogP contribution in [0, 0.1) is 6.92 Å². The second-order valence-corrected chi connectivity index (χ2v) is 6.41. The van der Waals surface area contributed by atoms with E-state index in [0.717, 1.165) is 11.1 Å². The maximum atomic E-state index is 9.63. The fraction of sp³-hybridized carbons (Fsp3) is 0.474. The van der Waals surface area contributed by atoms with Crippen molar-refractivity contribution >= 4 is 0 Å². The minimum Gasteiger partial charge on any atom is -0.394 e. The SMILES string of the molecule is Cc1ccccc1-c1noc(CC[C@H](C)O[C@@H]2C=C[C@H](O)[C@@H](CO)O2)n1. The Labute approximate surface area is 152 Å². The number of nitrogens with zero attached hydrogens (tertiary/aromatic N) is 2. The summed E-state index contributed by atoms with van der Waals surface area (Å²) in [6, 6.07) is 7.90. The normalized spacial score (nSPS) is 23.9. The monoisotopic (exact) mass is 360 g/mol. The molecule has 0 aliphatic carbocycles. The van der Waals surface area contributed by atoms with E-state index in [0.29, 0.717) is 24.6 Å². The van der Waals surface area contributed by atoms with Crippen molar-refractivity contribution in [1.82, 2.24) is 10.1 Å². The number of aromatic nitrogens is 2. The van der Waals surface area contributed by atoms with E-state index in [-0.39, 0.29) is 12.7 Å². The molecule has 0 saturated carbocycles. The van der Waals surface area contributed by atoms with Crippen LogP contribution in [0.5, 0.6) is 0 Å². The summed E-state index contributed by atoms with van der Waals surface area (Å²) < 4.78 is 16.6. The van der Waals surface area contributed by atoms with Crippen LogP contribution < -0.4 is 0 Å². The van der Waals surface area contributed by atoms with Crippen molar-refractivity contribution in [2.45, 2.75) is 51.3 Å². The molecule has 0 unspecified atom stereocenters. The van der Waals surface area contributed by atoms with Gasteiger partial charge in [-0.2, -0.15) is 4.98 Å². The molecular weight excluding hydrogens is 336 g/mol. The Kier molecular flexibility index (Phi) is 6.16. The highest BCUT2D eigenvalue weighted by Crippen LogP contribution is 2.21. The van der Waals surface area contributed by atoms with E-state index in [9.17, 15) is 10.2 Å². The summed E-state index contributed by atoms with van der Waals surface area (Å²) in [5.74, 6) is 1.15. The summed E-state index contributed by atoms with van der Waals surface area (Å²) in [6.07, 6.45) is 2.31. The van der Waals surface area contributed by atoms with Gasteiger partial charge in [-0.1, -0.05) is 35.5 Å². The highest BCUT2D eigenvalue weighted by Gasteiger charge is 2.26. The second kappa shape index (κ2) is 8.55. The van der Waals surface area contributed by atoms with Crippen LogP contribution in [0.1, 0.15) is 24.8 Å². The molecule has 3 rings (SSSR count). The first kappa shape index (κ1) is 18.7. The molecule has 26 heavy (non-hydrogen) atoms. The van der Waals surface area contributed by atoms with Gasteiger partial charge in [-0.15, -0.1) is 0 Å². The van der Waals surface area contributed by atoms with Crippen LogP contribution in [0.25, 0.3) is 11.4 Å². The minimum atomic E-state index is -0.812. The molecule has 1 aliphatic heterocycles. The first-order valence-corrected chi connectivity index (χ1v) is 8.73. The van der Waals surface area contributed by atoms with Crippen LogP contribution in [-0.2, 0) is 15.9 Å². The van der Waals surface area contributed by atoms with E-state index in [1.54, 1.807) is 12.2 Å². The molecule has 0 fully saturated rings. The van der Waals surface area contributed by atoms with Gasteiger partial charge in [0.15, 0.2) is 6.29 Å². The molecule has 2 heterocycles. The molecule has 0 saturated heterocycles. The Balaban J connectivity index is 1.52. The molecule has 2 N–H and O–H groups in total. The lowest BCUT2D eigenvalue weighted by atomic mass is 10.1. The van der Waals surface area contributed by atoms with Crippen molar-refractivity contribution in [3.8, 4) is 11.4 Å². The number of aliphatic hydroxyl groups excluding tert-OH is 2. The summed E-state index contributed by atoms with van der Waals surface area (Å²) in [5, 5.41) is 22.9. The number of ether oxygens (including phenoxy) is 2. The predicted octanol–water partition coefficient (Wildman–Crippen LogP) is 2.02. The molecule has 0 bridgehead atoms. The Morgan fingerprint density at radius 1 is 1.27 bits per heavy atom. The number of aliphatic hydroxyl groups is 2. The van der Waals surface area contributed by atoms with Gasteiger partial charge in [0.2, 0.25) is 11.7 Å². The average Bonchev–Trinajstić information content (AvgIpc) is 3.11. The van der Waals surface area contributed by atoms with Crippen LogP contribution in [0.4, 0.5) is 0 Å². The predicted molar refractivity (Wildman–Crippen MR) is 94.2 cm³/mol. The van der Waals surface area contributed by atoms with E-state index in [2.05, 4.69) is 10.1 Å². The zero-order valence-electron chi connectivity index (χ0n) is 14.9. The first-order valence-electron chi connectivity index (χ1n) is 8.73. The largest absolute Gasteiger partial charge is 0.394 e. The smallest absolute Gasteiger partial charge is 0.227 e. The highest BCUT2D eigenvalue weighted by molar-refractivity contribution is 5.58. The Hall–Kier alpha value is -2.06. The van der Waals surface area contributed by atoms with Gasteiger partial charge >= 0.3 is 0 Å². The van der Waals surface area contributed by atoms with Gasteiger partial charge in [0.1, 0.15) is 12.2 Å². The highest BCUT2D eigenvalue weighted by atomic mass is 16.7. The molecular formula is C19H24N2O5. The van der Waals surface area contributed by atoms with E-state index in [1.165, 1.54) is 0 Å². The van der Waals surface area contributed by atoms with E-state index < -0.39 is 18.5 Å². The fourth-order valence-electron chi connectivity index (χ4n) is 2.77. The van der Waals surface area contributed by atoms with Crippen molar-refractivity contribution in [1.29, 1.82) is 0 Å². The maximum Gasteiger partial charge on any atom is 0.227 e. The third-order valence-electron chi connectivity index (χ3n) is 4.32. The van der Waals surface area contributed by atoms with Gasteiger partial charge in [0.25, 0.3) is 0 Å². The van der Waals surface area contributed by atoms with Crippen molar-refractivity contribution in [3.63, 3.8) is 0 Å². The average molecular weight is 360 g/mol. The number of rotatable bonds is 7. The standard InChI is InChI=1S/C19H24N2O5/c1-12-5-3-4-6-14(12)19-20-17(26-21-19)9-7-13(2)24-18-10-8-15(23)16(11-22)25-18/h3-6,8,10,13,15-16,18,22-23H,7,9,11H2,1-2H3/t13-,15-,16+,18-/m0/s1. The van der Waals surface area contributed by atoms with Crippen molar-refractivity contribution in [2.75, 3.05) is 6.61 Å². The van der Waals surface area contributed by atoms with Crippen LogP contribution in [0.15, 0.2) is 40.9 Å². The first-order chi connectivity index (χ1) is 12.6. The van der Waals surface area contributed by atoms with Crippen molar-refractivity contribution in [3.05, 3.63) is 47.9 Å². The van der Waals surface area contributed by atoms with Crippen LogP contribution >= 0.6 is 0 Å². The van der Waals surface area contributed by atoms with Gasteiger partial charge in [-0.3, -0.25) is 0 Å². The lowest BCUT2D eigenvalue weighted by Crippen LogP contribution is -2.39. The van der Waals surface area contributed by atoms with Crippen molar-refractivity contribution in [2.24, 2.45) is 0 Å². The molecule has 2 aromatic rings. The lowest BCUT2D eigenvalue weighted by Gasteiger charge is -2.29. The molecule has 1 aliphatic rings. The number of hydrogen-bond donors (Lipinski definition) is 2. The fourth-order valence-corrected chi connectivity index (χ4v) is 2.77. The molecule has 0 amide bonds. The third-order valence-corrected chi connectivity index (χ3v) is 4.32. The molecule has 7 heteroatoms. The zero-order valence-corrected chi connectivity index (χ0v) is 14.9. The van der Waals surface area contributed by atoms with E-state index in [4.69, 9.17) is 14.0 Å². The van der Waals surface area contributed by atoms with Gasteiger partial charge < -0.3 is 24.2 Å². The van der Waals surface area contributed by atoms with Crippen molar-refractivity contribution < 1.29 is 24.2 Å². The summed E-state index contributed by atoms with van der Waals surface area (Å²) in [4.78, 5) is 4.45. The number of benzene rings is 1. The summed E-state index contributed by atoms with van der Waals surface area (Å²) >= 11 is 0. The topological polar surface area (TPSA) is 97.8 Å². The number of hydrogen-bond acceptors (Lipinski definition) is 7. The van der Waals surface area contributed by atoms with E-state index in [1.807, 2.05) is 38.1 Å². The molecule has 0 spiro atoms. The Bertz CT molecular complexity index is 745. The van der Waals surface area contributed by atoms with E-state index >= 15 is 0 Å². The molecule has 7 nitrogen and oxygen atoms in total. The van der Waals surface area contributed by atoms with Crippen LogP contribution in [0.3, 0.4) is 0 Å². The molecule has 140 valence electrons. The van der Waals surface area contributed by atoms with Gasteiger partial charge in [-0.05, 0) is 31.9 Å². The maximum absolute atomic E-state index is 9.63. The number of aryl methyl sites for hydroxylation is 2. The second-order valence-electron chi connectivity index (χ2n) is 6.41. The summed E-state index contributed by atoms with van der Waals surface area (Å²) in [5.41, 5.74) is 2.06. The van der Waals surface area contributed by atoms with Crippen LogP contribution in [-0.4, -0.2) is 51.6 Å². The molecule has 4 atom stereocenters. The Morgan fingerprint density at radius 3 is 2.85 bits per heavy atom. The quantitative estimate of drug-likeness (QED) is 0.729. The summed E-state index contributed by atoms with van der Waals surface area (Å²) in [6.45, 7) is 3.67. The van der Waals surface area contributed by atoms with Gasteiger partial charge in [0, 0.05) is 12.0 Å². The molecule has 1 aromatic carbocycles. The minimum absolute atomic E-state index is 0.118. The van der Waals surface area contributed by atoms with Gasteiger partial charge in [-0.25, -0.2) is 0 Å². The Morgan fingerprint density at radius 2 is 2.08 bits per heavy atom. The zero-order chi connectivity index (χ0) is 18.5. The third kappa shape index (κ3) is 4.56. The van der Waals surface area contributed by atoms with Crippen LogP contribution in [0.2, 0.25) is 0 Å².